The van der Waals surface area contributed by atoms with E-state index in [-0.39, 0.29) is 5.78 Å². The molecule has 1 aromatic heterocycles. The second-order valence-corrected chi connectivity index (χ2v) is 5.54. The van der Waals surface area contributed by atoms with Crippen molar-refractivity contribution >= 4 is 21.7 Å². The van der Waals surface area contributed by atoms with E-state index in [2.05, 4.69) is 21.0 Å². The van der Waals surface area contributed by atoms with Crippen LogP contribution in [0.1, 0.15) is 28.7 Å². The lowest BCUT2D eigenvalue weighted by Gasteiger charge is -2.08. The van der Waals surface area contributed by atoms with Crippen LogP contribution in [0.4, 0.5) is 0 Å². The number of aryl methyl sites for hydroxylation is 1. The molecule has 106 valence electrons. The molecule has 4 nitrogen and oxygen atoms in total. The fourth-order valence-electron chi connectivity index (χ4n) is 2.20. The van der Waals surface area contributed by atoms with Gasteiger partial charge < -0.3 is 4.74 Å². The number of carbonyl (C=O) groups excluding carboxylic acids is 1. The topological polar surface area (TPSA) is 44.1 Å². The molecule has 0 radical (unpaired) electrons. The number of halogens is 1. The fraction of sp³-hybridized carbons (Fsp3) is 0.333. The Balaban J connectivity index is 1.99. The van der Waals surface area contributed by atoms with Crippen molar-refractivity contribution in [1.82, 2.24) is 9.78 Å². The lowest BCUT2D eigenvalue weighted by atomic mass is 10.1. The monoisotopic (exact) mass is 336 g/mol. The van der Waals surface area contributed by atoms with Crippen molar-refractivity contribution in [1.29, 1.82) is 0 Å². The first kappa shape index (κ1) is 14.8. The lowest BCUT2D eigenvalue weighted by Crippen LogP contribution is -2.11. The van der Waals surface area contributed by atoms with Crippen LogP contribution < -0.4 is 4.74 Å². The molecule has 1 heterocycles. The zero-order valence-corrected chi connectivity index (χ0v) is 13.4. The molecule has 0 amide bonds. The van der Waals surface area contributed by atoms with E-state index in [1.165, 1.54) is 0 Å². The fourth-order valence-corrected chi connectivity index (χ4v) is 2.47. The first-order chi connectivity index (χ1) is 9.49. The van der Waals surface area contributed by atoms with Gasteiger partial charge in [-0.25, -0.2) is 0 Å². The highest BCUT2D eigenvalue weighted by atomic mass is 79.9. The molecule has 0 spiro atoms. The Morgan fingerprint density at radius 2 is 1.95 bits per heavy atom. The predicted octanol–water partition coefficient (Wildman–Crippen LogP) is 3.54. The summed E-state index contributed by atoms with van der Waals surface area (Å²) in [5.41, 5.74) is 2.39. The molecule has 2 aromatic rings. The summed E-state index contributed by atoms with van der Waals surface area (Å²) in [5, 5.41) is 4.39. The largest absolute Gasteiger partial charge is 0.492 e. The Bertz CT molecular complexity index is 618. The molecule has 0 aliphatic rings. The number of Topliss-reactive ketones (excluding diaryl/α,β-unsaturated/α-hetero) is 1. The molecule has 0 aliphatic carbocycles. The van der Waals surface area contributed by atoms with E-state index in [1.807, 2.05) is 42.8 Å². The number of hydrogen-bond acceptors (Lipinski definition) is 3. The first-order valence-corrected chi connectivity index (χ1v) is 7.21. The van der Waals surface area contributed by atoms with Crippen LogP contribution >= 0.6 is 15.9 Å². The van der Waals surface area contributed by atoms with Crippen LogP contribution in [0.2, 0.25) is 0 Å². The molecular formula is C15H17BrN2O2. The highest BCUT2D eigenvalue weighted by Gasteiger charge is 2.14. The third kappa shape index (κ3) is 3.28. The minimum Gasteiger partial charge on any atom is -0.492 e. The summed E-state index contributed by atoms with van der Waals surface area (Å²) in [6, 6.07) is 7.69. The van der Waals surface area contributed by atoms with E-state index < -0.39 is 0 Å². The Hall–Kier alpha value is -1.62. The van der Waals surface area contributed by atoms with Gasteiger partial charge >= 0.3 is 0 Å². The van der Waals surface area contributed by atoms with Crippen LogP contribution in [0.15, 0.2) is 28.7 Å². The van der Waals surface area contributed by atoms with Crippen LogP contribution in [0, 0.1) is 13.8 Å². The van der Waals surface area contributed by atoms with E-state index >= 15 is 0 Å². The average molecular weight is 337 g/mol. The number of hydrogen-bond donors (Lipinski definition) is 0. The Kier molecular flexibility index (Phi) is 4.60. The molecule has 0 N–H and O–H groups in total. The minimum absolute atomic E-state index is 0.0556. The van der Waals surface area contributed by atoms with Crippen LogP contribution in [-0.2, 0) is 6.54 Å². The molecule has 20 heavy (non-hydrogen) atoms. The summed E-state index contributed by atoms with van der Waals surface area (Å²) in [6.07, 6.45) is 0. The van der Waals surface area contributed by atoms with Crippen molar-refractivity contribution in [2.45, 2.75) is 27.3 Å². The molecular weight excluding hydrogens is 320 g/mol. The van der Waals surface area contributed by atoms with Crippen LogP contribution in [0.3, 0.4) is 0 Å². The maximum absolute atomic E-state index is 11.5. The normalized spacial score (nSPS) is 10.6. The van der Waals surface area contributed by atoms with Crippen molar-refractivity contribution in [3.63, 3.8) is 0 Å². The lowest BCUT2D eigenvalue weighted by molar-refractivity contribution is 0.101. The summed E-state index contributed by atoms with van der Waals surface area (Å²) in [7, 11) is 0. The zero-order chi connectivity index (χ0) is 14.7. The van der Waals surface area contributed by atoms with Gasteiger partial charge in [-0.2, -0.15) is 5.10 Å². The number of ether oxygens (including phenoxy) is 1. The second-order valence-electron chi connectivity index (χ2n) is 4.63. The van der Waals surface area contributed by atoms with Crippen molar-refractivity contribution < 1.29 is 9.53 Å². The Morgan fingerprint density at radius 3 is 2.50 bits per heavy atom. The predicted molar refractivity (Wildman–Crippen MR) is 81.3 cm³/mol. The van der Waals surface area contributed by atoms with Gasteiger partial charge in [-0.3, -0.25) is 9.48 Å². The van der Waals surface area contributed by atoms with Gasteiger partial charge in [-0.1, -0.05) is 15.9 Å². The van der Waals surface area contributed by atoms with Crippen LogP contribution in [0.5, 0.6) is 5.75 Å². The van der Waals surface area contributed by atoms with Gasteiger partial charge in [-0.15, -0.1) is 0 Å². The Morgan fingerprint density at radius 1 is 1.30 bits per heavy atom. The number of nitrogens with zero attached hydrogens (tertiary/aromatic N) is 2. The molecule has 0 fully saturated rings. The quantitative estimate of drug-likeness (QED) is 0.784. The molecule has 0 atom stereocenters. The number of ketones is 1. The highest BCUT2D eigenvalue weighted by Crippen LogP contribution is 2.17. The molecule has 5 heteroatoms. The summed E-state index contributed by atoms with van der Waals surface area (Å²) >= 11 is 3.38. The number of rotatable bonds is 5. The van der Waals surface area contributed by atoms with Gasteiger partial charge in [0.05, 0.1) is 17.8 Å². The van der Waals surface area contributed by atoms with Crippen LogP contribution in [-0.4, -0.2) is 22.2 Å². The van der Waals surface area contributed by atoms with E-state index in [0.29, 0.717) is 18.7 Å². The van der Waals surface area contributed by atoms with Gasteiger partial charge in [0, 0.05) is 10.2 Å². The Labute approximate surface area is 126 Å². The number of carbonyl (C=O) groups is 1. The van der Waals surface area contributed by atoms with Crippen LogP contribution in [0.25, 0.3) is 0 Å². The van der Waals surface area contributed by atoms with E-state index in [4.69, 9.17) is 4.74 Å². The highest BCUT2D eigenvalue weighted by molar-refractivity contribution is 9.10. The summed E-state index contributed by atoms with van der Waals surface area (Å²) in [5.74, 6) is 0.876. The number of benzene rings is 1. The maximum Gasteiger partial charge on any atom is 0.163 e. The summed E-state index contributed by atoms with van der Waals surface area (Å²) < 4.78 is 8.51. The summed E-state index contributed by atoms with van der Waals surface area (Å²) in [4.78, 5) is 11.5. The first-order valence-electron chi connectivity index (χ1n) is 6.42. The van der Waals surface area contributed by atoms with Gasteiger partial charge in [0.15, 0.2) is 5.78 Å². The van der Waals surface area contributed by atoms with Crippen molar-refractivity contribution in [2.24, 2.45) is 0 Å². The van der Waals surface area contributed by atoms with Gasteiger partial charge in [0.2, 0.25) is 0 Å². The molecule has 2 rings (SSSR count). The minimum atomic E-state index is 0.0556. The van der Waals surface area contributed by atoms with Gasteiger partial charge in [0.1, 0.15) is 12.4 Å². The average Bonchev–Trinajstić information content (AvgIpc) is 2.67. The van der Waals surface area contributed by atoms with E-state index in [0.717, 1.165) is 21.6 Å². The molecule has 0 saturated carbocycles. The third-order valence-corrected chi connectivity index (χ3v) is 3.65. The third-order valence-electron chi connectivity index (χ3n) is 3.12. The second kappa shape index (κ2) is 6.22. The smallest absolute Gasteiger partial charge is 0.163 e. The zero-order valence-electron chi connectivity index (χ0n) is 11.8. The van der Waals surface area contributed by atoms with E-state index in [1.54, 1.807) is 6.92 Å². The maximum atomic E-state index is 11.5. The van der Waals surface area contributed by atoms with Crippen molar-refractivity contribution in [2.75, 3.05) is 6.61 Å². The van der Waals surface area contributed by atoms with Crippen molar-refractivity contribution in [3.05, 3.63) is 45.7 Å². The van der Waals surface area contributed by atoms with Crippen molar-refractivity contribution in [3.8, 4) is 5.75 Å². The number of aromatic nitrogens is 2. The molecule has 0 bridgehead atoms. The molecule has 0 saturated heterocycles. The SMILES string of the molecule is CC(=O)c1c(C)nn(CCOc2ccc(Br)cc2)c1C. The van der Waals surface area contributed by atoms with Gasteiger partial charge in [-0.05, 0) is 45.0 Å². The van der Waals surface area contributed by atoms with Gasteiger partial charge in [0.25, 0.3) is 0 Å². The molecule has 0 unspecified atom stereocenters. The standard InChI is InChI=1S/C15H17BrN2O2/c1-10-15(12(3)19)11(2)18(17-10)8-9-20-14-6-4-13(16)5-7-14/h4-7H,8-9H2,1-3H3. The molecule has 0 aliphatic heterocycles. The van der Waals surface area contributed by atoms with E-state index in [9.17, 15) is 4.79 Å². The molecule has 1 aromatic carbocycles. The summed E-state index contributed by atoms with van der Waals surface area (Å²) in [6.45, 7) is 6.48.